The van der Waals surface area contributed by atoms with E-state index < -0.39 is 0 Å². The minimum absolute atomic E-state index is 0.104. The van der Waals surface area contributed by atoms with E-state index in [2.05, 4.69) is 11.9 Å². The van der Waals surface area contributed by atoms with Crippen LogP contribution in [-0.4, -0.2) is 25.0 Å². The molecule has 2 nitrogen and oxygen atoms in total. The molecule has 1 saturated carbocycles. The Hall–Kier alpha value is -0.280. The lowest BCUT2D eigenvalue weighted by Crippen LogP contribution is -2.36. The summed E-state index contributed by atoms with van der Waals surface area (Å²) >= 11 is 12.5. The van der Waals surface area contributed by atoms with Gasteiger partial charge in [0.05, 0.1) is 0 Å². The molecule has 1 aromatic rings. The van der Waals surface area contributed by atoms with Crippen molar-refractivity contribution < 1.29 is 0 Å². The summed E-state index contributed by atoms with van der Waals surface area (Å²) in [7, 11) is 2.11. The molecule has 0 aromatic heterocycles. The van der Waals surface area contributed by atoms with E-state index in [1.165, 1.54) is 19.3 Å². The van der Waals surface area contributed by atoms with E-state index in [-0.39, 0.29) is 6.04 Å². The van der Waals surface area contributed by atoms with E-state index in [0.717, 1.165) is 18.0 Å². The zero-order chi connectivity index (χ0) is 13.1. The van der Waals surface area contributed by atoms with Crippen LogP contribution in [0.2, 0.25) is 10.0 Å². The molecule has 1 aromatic carbocycles. The molecule has 2 rings (SSSR count). The third kappa shape index (κ3) is 3.00. The quantitative estimate of drug-likeness (QED) is 0.894. The number of hydrogen-bond donors (Lipinski definition) is 1. The van der Waals surface area contributed by atoms with Crippen molar-refractivity contribution in [2.24, 2.45) is 11.7 Å². The largest absolute Gasteiger partial charge is 0.329 e. The first-order valence-corrected chi connectivity index (χ1v) is 7.23. The smallest absolute Gasteiger partial charge is 0.0497 e. The third-order valence-electron chi connectivity index (χ3n) is 3.86. The molecule has 0 saturated heterocycles. The predicted octanol–water partition coefficient (Wildman–Crippen LogP) is 3.73. The molecule has 0 aliphatic heterocycles. The van der Waals surface area contributed by atoms with Crippen molar-refractivity contribution in [1.82, 2.24) is 4.90 Å². The highest BCUT2D eigenvalue weighted by atomic mass is 35.5. The van der Waals surface area contributed by atoms with Gasteiger partial charge in [-0.15, -0.1) is 0 Å². The Kier molecular flexibility index (Phi) is 4.91. The Morgan fingerprint density at radius 2 is 1.94 bits per heavy atom. The van der Waals surface area contributed by atoms with Gasteiger partial charge < -0.3 is 5.73 Å². The van der Waals surface area contributed by atoms with Gasteiger partial charge in [-0.3, -0.25) is 4.90 Å². The minimum Gasteiger partial charge on any atom is -0.329 e. The SMILES string of the molecule is CN(CC1CCC1)C(CN)c1c(Cl)cccc1Cl. The van der Waals surface area contributed by atoms with Gasteiger partial charge in [-0.2, -0.15) is 0 Å². The number of nitrogens with two attached hydrogens (primary N) is 1. The highest BCUT2D eigenvalue weighted by molar-refractivity contribution is 6.36. The average molecular weight is 287 g/mol. The first kappa shape index (κ1) is 14.1. The fourth-order valence-corrected chi connectivity index (χ4v) is 3.21. The number of halogens is 2. The van der Waals surface area contributed by atoms with E-state index in [0.29, 0.717) is 16.6 Å². The minimum atomic E-state index is 0.104. The molecular weight excluding hydrogens is 267 g/mol. The summed E-state index contributed by atoms with van der Waals surface area (Å²) in [6.07, 6.45) is 4.02. The zero-order valence-electron chi connectivity index (χ0n) is 10.7. The van der Waals surface area contributed by atoms with Crippen LogP contribution in [0.3, 0.4) is 0 Å². The summed E-state index contributed by atoms with van der Waals surface area (Å²) in [6, 6.07) is 5.73. The molecule has 0 radical (unpaired) electrons. The Morgan fingerprint density at radius 3 is 2.39 bits per heavy atom. The second kappa shape index (κ2) is 6.25. The van der Waals surface area contributed by atoms with E-state index >= 15 is 0 Å². The highest BCUT2D eigenvalue weighted by Gasteiger charge is 2.25. The van der Waals surface area contributed by atoms with Gasteiger partial charge in [0.15, 0.2) is 0 Å². The van der Waals surface area contributed by atoms with Crippen LogP contribution in [-0.2, 0) is 0 Å². The van der Waals surface area contributed by atoms with E-state index in [4.69, 9.17) is 28.9 Å². The molecule has 1 aliphatic rings. The molecule has 4 heteroatoms. The van der Waals surface area contributed by atoms with Crippen LogP contribution in [0.25, 0.3) is 0 Å². The molecule has 18 heavy (non-hydrogen) atoms. The molecule has 1 atom stereocenters. The lowest BCUT2D eigenvalue weighted by atomic mass is 9.85. The second-order valence-electron chi connectivity index (χ2n) is 5.12. The van der Waals surface area contributed by atoms with Gasteiger partial charge >= 0.3 is 0 Å². The lowest BCUT2D eigenvalue weighted by molar-refractivity contribution is 0.165. The number of rotatable bonds is 5. The van der Waals surface area contributed by atoms with Crippen LogP contribution in [0, 0.1) is 5.92 Å². The fraction of sp³-hybridized carbons (Fsp3) is 0.571. The van der Waals surface area contributed by atoms with E-state index in [9.17, 15) is 0 Å². The summed E-state index contributed by atoms with van der Waals surface area (Å²) in [5.41, 5.74) is 6.88. The fourth-order valence-electron chi connectivity index (χ4n) is 2.56. The Morgan fingerprint density at radius 1 is 1.33 bits per heavy atom. The van der Waals surface area contributed by atoms with Crippen LogP contribution >= 0.6 is 23.2 Å². The maximum atomic E-state index is 6.26. The van der Waals surface area contributed by atoms with Crippen molar-refractivity contribution >= 4 is 23.2 Å². The third-order valence-corrected chi connectivity index (χ3v) is 4.52. The molecule has 1 unspecified atom stereocenters. The monoisotopic (exact) mass is 286 g/mol. The van der Waals surface area contributed by atoms with Gasteiger partial charge in [0, 0.05) is 34.7 Å². The average Bonchev–Trinajstić information content (AvgIpc) is 2.28. The van der Waals surface area contributed by atoms with Gasteiger partial charge in [0.1, 0.15) is 0 Å². The number of hydrogen-bond acceptors (Lipinski definition) is 2. The summed E-state index contributed by atoms with van der Waals surface area (Å²) < 4.78 is 0. The molecule has 100 valence electrons. The van der Waals surface area contributed by atoms with Crippen molar-refractivity contribution in [3.05, 3.63) is 33.8 Å². The molecule has 1 aliphatic carbocycles. The molecule has 1 fully saturated rings. The second-order valence-corrected chi connectivity index (χ2v) is 5.94. The van der Waals surface area contributed by atoms with Gasteiger partial charge in [0.2, 0.25) is 0 Å². The molecule has 2 N–H and O–H groups in total. The van der Waals surface area contributed by atoms with Crippen molar-refractivity contribution in [1.29, 1.82) is 0 Å². The zero-order valence-corrected chi connectivity index (χ0v) is 12.2. The normalized spacial score (nSPS) is 17.8. The Bertz CT molecular complexity index is 385. The van der Waals surface area contributed by atoms with Crippen LogP contribution in [0.1, 0.15) is 30.9 Å². The standard InChI is InChI=1S/C14H20Cl2N2/c1-18(9-10-4-2-5-10)13(8-17)14-11(15)6-3-7-12(14)16/h3,6-7,10,13H,2,4-5,8-9,17H2,1H3. The van der Waals surface area contributed by atoms with E-state index in [1.54, 1.807) is 0 Å². The maximum absolute atomic E-state index is 6.26. The summed E-state index contributed by atoms with van der Waals surface area (Å²) in [5.74, 6) is 0.810. The number of nitrogens with zero attached hydrogens (tertiary/aromatic N) is 1. The molecule has 0 amide bonds. The first-order valence-electron chi connectivity index (χ1n) is 6.47. The maximum Gasteiger partial charge on any atom is 0.0497 e. The molecular formula is C14H20Cl2N2. The summed E-state index contributed by atoms with van der Waals surface area (Å²) in [6.45, 7) is 1.61. The summed E-state index contributed by atoms with van der Waals surface area (Å²) in [4.78, 5) is 2.29. The van der Waals surface area contributed by atoms with Crippen molar-refractivity contribution in [3.63, 3.8) is 0 Å². The van der Waals surface area contributed by atoms with Crippen molar-refractivity contribution in [3.8, 4) is 0 Å². The van der Waals surface area contributed by atoms with Gasteiger partial charge in [-0.1, -0.05) is 35.7 Å². The number of likely N-dealkylation sites (N-methyl/N-ethyl adjacent to an activating group) is 1. The van der Waals surface area contributed by atoms with Crippen molar-refractivity contribution in [2.75, 3.05) is 20.1 Å². The topological polar surface area (TPSA) is 29.3 Å². The van der Waals surface area contributed by atoms with Crippen LogP contribution in [0.4, 0.5) is 0 Å². The van der Waals surface area contributed by atoms with Gasteiger partial charge in [0.25, 0.3) is 0 Å². The van der Waals surface area contributed by atoms with Crippen LogP contribution < -0.4 is 5.73 Å². The van der Waals surface area contributed by atoms with Gasteiger partial charge in [-0.25, -0.2) is 0 Å². The predicted molar refractivity (Wildman–Crippen MR) is 78.2 cm³/mol. The Labute approximate surface area is 119 Å². The first-order chi connectivity index (χ1) is 8.63. The molecule has 0 spiro atoms. The van der Waals surface area contributed by atoms with Crippen molar-refractivity contribution in [2.45, 2.75) is 25.3 Å². The lowest BCUT2D eigenvalue weighted by Gasteiger charge is -2.35. The summed E-state index contributed by atoms with van der Waals surface area (Å²) in [5, 5.41) is 1.41. The molecule has 0 bridgehead atoms. The van der Waals surface area contributed by atoms with Crippen LogP contribution in [0.15, 0.2) is 18.2 Å². The highest BCUT2D eigenvalue weighted by Crippen LogP contribution is 2.35. The van der Waals surface area contributed by atoms with Gasteiger partial charge in [-0.05, 0) is 37.9 Å². The Balaban J connectivity index is 2.15. The van der Waals surface area contributed by atoms with E-state index in [1.807, 2.05) is 18.2 Å². The number of benzene rings is 1. The molecule has 0 heterocycles. The van der Waals surface area contributed by atoms with Crippen LogP contribution in [0.5, 0.6) is 0 Å².